The topological polar surface area (TPSA) is 71.9 Å². The number of amides is 1. The standard InChI is InChI=1S/C12H9N5OS2/c1-8-10(20-16-13-8)11-14-15-12(19-11)17(7-18)9-5-3-2-4-6-9/h2-7H,1H3. The summed E-state index contributed by atoms with van der Waals surface area (Å²) in [6.07, 6.45) is 0.734. The van der Waals surface area contributed by atoms with Gasteiger partial charge < -0.3 is 0 Å². The summed E-state index contributed by atoms with van der Waals surface area (Å²) in [5.41, 5.74) is 1.57. The molecule has 2 aromatic heterocycles. The van der Waals surface area contributed by atoms with Gasteiger partial charge in [-0.3, -0.25) is 9.69 Å². The molecule has 0 aliphatic carbocycles. The van der Waals surface area contributed by atoms with Crippen LogP contribution in [0.15, 0.2) is 30.3 Å². The second-order valence-corrected chi connectivity index (χ2v) is 5.60. The Morgan fingerprint density at radius 2 is 1.95 bits per heavy atom. The van der Waals surface area contributed by atoms with Crippen molar-refractivity contribution in [3.05, 3.63) is 36.0 Å². The number of para-hydroxylation sites is 1. The number of benzene rings is 1. The van der Waals surface area contributed by atoms with Gasteiger partial charge in [0.15, 0.2) is 5.01 Å². The van der Waals surface area contributed by atoms with Crippen LogP contribution in [0.3, 0.4) is 0 Å². The molecule has 0 aliphatic rings. The van der Waals surface area contributed by atoms with Gasteiger partial charge >= 0.3 is 0 Å². The summed E-state index contributed by atoms with van der Waals surface area (Å²) in [4.78, 5) is 13.7. The monoisotopic (exact) mass is 303 g/mol. The molecule has 0 atom stereocenters. The molecule has 20 heavy (non-hydrogen) atoms. The highest BCUT2D eigenvalue weighted by atomic mass is 32.1. The summed E-state index contributed by atoms with van der Waals surface area (Å²) in [7, 11) is 0. The lowest BCUT2D eigenvalue weighted by molar-refractivity contribution is -0.106. The van der Waals surface area contributed by atoms with Crippen molar-refractivity contribution in [1.29, 1.82) is 0 Å². The predicted molar refractivity (Wildman–Crippen MR) is 78.2 cm³/mol. The molecule has 0 saturated heterocycles. The van der Waals surface area contributed by atoms with E-state index in [9.17, 15) is 4.79 Å². The molecule has 0 aliphatic heterocycles. The third-order valence-corrected chi connectivity index (χ3v) is 4.51. The van der Waals surface area contributed by atoms with Crippen LogP contribution in [0.25, 0.3) is 9.88 Å². The van der Waals surface area contributed by atoms with E-state index in [1.165, 1.54) is 27.8 Å². The van der Waals surface area contributed by atoms with Gasteiger partial charge in [0.05, 0.1) is 11.4 Å². The molecule has 1 amide bonds. The van der Waals surface area contributed by atoms with E-state index in [1.807, 2.05) is 37.3 Å². The summed E-state index contributed by atoms with van der Waals surface area (Å²) in [6, 6.07) is 9.31. The molecule has 0 spiro atoms. The maximum absolute atomic E-state index is 11.3. The van der Waals surface area contributed by atoms with Gasteiger partial charge in [0, 0.05) is 0 Å². The van der Waals surface area contributed by atoms with Crippen LogP contribution in [0.2, 0.25) is 0 Å². The van der Waals surface area contributed by atoms with Crippen molar-refractivity contribution in [3.8, 4) is 9.88 Å². The Balaban J connectivity index is 1.97. The molecular weight excluding hydrogens is 294 g/mol. The van der Waals surface area contributed by atoms with Gasteiger partial charge in [-0.25, -0.2) is 0 Å². The van der Waals surface area contributed by atoms with Gasteiger partial charge in [0.1, 0.15) is 4.88 Å². The lowest BCUT2D eigenvalue weighted by Gasteiger charge is -2.12. The van der Waals surface area contributed by atoms with E-state index in [1.54, 1.807) is 0 Å². The highest BCUT2D eigenvalue weighted by molar-refractivity contribution is 7.22. The van der Waals surface area contributed by atoms with Crippen molar-refractivity contribution in [1.82, 2.24) is 19.8 Å². The molecule has 6 nitrogen and oxygen atoms in total. The van der Waals surface area contributed by atoms with Crippen molar-refractivity contribution in [2.75, 3.05) is 4.90 Å². The highest BCUT2D eigenvalue weighted by Gasteiger charge is 2.17. The maximum atomic E-state index is 11.3. The molecule has 0 fully saturated rings. The Kier molecular flexibility index (Phi) is 3.48. The quantitative estimate of drug-likeness (QED) is 0.693. The van der Waals surface area contributed by atoms with Gasteiger partial charge in [0.25, 0.3) is 0 Å². The summed E-state index contributed by atoms with van der Waals surface area (Å²) in [5, 5.41) is 13.4. The first kappa shape index (κ1) is 12.8. The number of hydrogen-bond donors (Lipinski definition) is 0. The normalized spacial score (nSPS) is 10.4. The van der Waals surface area contributed by atoms with Crippen LogP contribution in [0.1, 0.15) is 5.69 Å². The molecule has 0 saturated carbocycles. The molecule has 100 valence electrons. The number of carbonyl (C=O) groups excluding carboxylic acids is 1. The van der Waals surface area contributed by atoms with Crippen molar-refractivity contribution in [3.63, 3.8) is 0 Å². The number of rotatable bonds is 4. The molecule has 0 radical (unpaired) electrons. The number of hydrogen-bond acceptors (Lipinski definition) is 7. The first-order chi connectivity index (χ1) is 9.79. The van der Waals surface area contributed by atoms with Crippen LogP contribution in [0, 0.1) is 6.92 Å². The number of nitrogens with zero attached hydrogens (tertiary/aromatic N) is 5. The van der Waals surface area contributed by atoms with Crippen LogP contribution in [0.5, 0.6) is 0 Å². The summed E-state index contributed by atoms with van der Waals surface area (Å²) >= 11 is 2.61. The number of aromatic nitrogens is 4. The van der Waals surface area contributed by atoms with E-state index in [-0.39, 0.29) is 0 Å². The first-order valence-corrected chi connectivity index (χ1v) is 7.31. The zero-order valence-electron chi connectivity index (χ0n) is 10.4. The second kappa shape index (κ2) is 5.43. The lowest BCUT2D eigenvalue weighted by atomic mass is 10.3. The SMILES string of the molecule is Cc1nnsc1-c1nnc(N(C=O)c2ccccc2)s1. The average Bonchev–Trinajstić information content (AvgIpc) is 3.10. The van der Waals surface area contributed by atoms with Gasteiger partial charge in [0.2, 0.25) is 11.5 Å². The molecule has 0 bridgehead atoms. The summed E-state index contributed by atoms with van der Waals surface area (Å²) < 4.78 is 3.88. The third kappa shape index (κ3) is 2.30. The van der Waals surface area contributed by atoms with Crippen LogP contribution < -0.4 is 4.90 Å². The fourth-order valence-corrected chi connectivity index (χ4v) is 3.23. The number of aryl methyl sites for hydroxylation is 1. The fourth-order valence-electron chi connectivity index (χ4n) is 1.64. The van der Waals surface area contributed by atoms with Gasteiger partial charge in [-0.2, -0.15) is 0 Å². The third-order valence-electron chi connectivity index (χ3n) is 2.61. The summed E-state index contributed by atoms with van der Waals surface area (Å²) in [5.74, 6) is 0. The lowest BCUT2D eigenvalue weighted by Crippen LogP contribution is -2.13. The number of carbonyl (C=O) groups is 1. The molecule has 0 N–H and O–H groups in total. The van der Waals surface area contributed by atoms with Gasteiger partial charge in [-0.1, -0.05) is 34.0 Å². The molecule has 8 heteroatoms. The van der Waals surface area contributed by atoms with Crippen LogP contribution >= 0.6 is 22.9 Å². The molecule has 2 heterocycles. The van der Waals surface area contributed by atoms with Crippen molar-refractivity contribution >= 4 is 40.1 Å². The minimum Gasteiger partial charge on any atom is -0.278 e. The minimum atomic E-state index is 0.522. The molecule has 1 aromatic carbocycles. The fraction of sp³-hybridized carbons (Fsp3) is 0.0833. The van der Waals surface area contributed by atoms with E-state index in [0.29, 0.717) is 5.13 Å². The zero-order chi connectivity index (χ0) is 13.9. The van der Waals surface area contributed by atoms with Crippen molar-refractivity contribution in [2.45, 2.75) is 6.92 Å². The Labute approximate surface area is 122 Å². The van der Waals surface area contributed by atoms with Gasteiger partial charge in [-0.15, -0.1) is 15.3 Å². The number of anilines is 2. The Hall–Kier alpha value is -2.19. The maximum Gasteiger partial charge on any atom is 0.220 e. The van der Waals surface area contributed by atoms with Crippen molar-refractivity contribution < 1.29 is 4.79 Å². The summed E-state index contributed by atoms with van der Waals surface area (Å²) in [6.45, 7) is 1.87. The minimum absolute atomic E-state index is 0.522. The van der Waals surface area contributed by atoms with E-state index >= 15 is 0 Å². The van der Waals surface area contributed by atoms with Crippen molar-refractivity contribution in [2.24, 2.45) is 0 Å². The molecule has 3 aromatic rings. The van der Waals surface area contributed by atoms with Crippen LogP contribution in [0.4, 0.5) is 10.8 Å². The molecule has 0 unspecified atom stereocenters. The van der Waals surface area contributed by atoms with E-state index in [2.05, 4.69) is 19.8 Å². The highest BCUT2D eigenvalue weighted by Crippen LogP contribution is 2.34. The van der Waals surface area contributed by atoms with Crippen LogP contribution in [-0.2, 0) is 4.79 Å². The second-order valence-electron chi connectivity index (χ2n) is 3.89. The predicted octanol–water partition coefficient (Wildman–Crippen LogP) is 2.66. The van der Waals surface area contributed by atoms with E-state index in [4.69, 9.17) is 0 Å². The largest absolute Gasteiger partial charge is 0.278 e. The molecule has 3 rings (SSSR count). The average molecular weight is 303 g/mol. The smallest absolute Gasteiger partial charge is 0.220 e. The first-order valence-electron chi connectivity index (χ1n) is 5.72. The zero-order valence-corrected chi connectivity index (χ0v) is 12.1. The van der Waals surface area contributed by atoms with E-state index < -0.39 is 0 Å². The van der Waals surface area contributed by atoms with E-state index in [0.717, 1.165) is 27.7 Å². The Morgan fingerprint density at radius 3 is 2.60 bits per heavy atom. The Morgan fingerprint density at radius 1 is 1.15 bits per heavy atom. The Bertz CT molecular complexity index is 724. The van der Waals surface area contributed by atoms with Gasteiger partial charge in [-0.05, 0) is 30.6 Å². The molecular formula is C12H9N5OS2. The van der Waals surface area contributed by atoms with Crippen LogP contribution in [-0.4, -0.2) is 26.2 Å².